The van der Waals surface area contributed by atoms with Crippen LogP contribution in [0.3, 0.4) is 0 Å². The van der Waals surface area contributed by atoms with Crippen molar-refractivity contribution >= 4 is 0 Å². The molecule has 17 heavy (non-hydrogen) atoms. The molecule has 1 aliphatic heterocycles. The lowest BCUT2D eigenvalue weighted by Gasteiger charge is -2.34. The zero-order chi connectivity index (χ0) is 12.4. The molecule has 2 rings (SSSR count). The van der Waals surface area contributed by atoms with E-state index in [9.17, 15) is 4.79 Å². The number of aromatic amines is 1. The Morgan fingerprint density at radius 2 is 2.06 bits per heavy atom. The normalized spacial score (nSPS) is 18.8. The highest BCUT2D eigenvalue weighted by Gasteiger charge is 2.23. The smallest absolute Gasteiger partial charge is 0.254 e. The van der Waals surface area contributed by atoms with Crippen molar-refractivity contribution in [2.75, 3.05) is 13.1 Å². The highest BCUT2D eigenvalue weighted by Crippen LogP contribution is 2.26. The van der Waals surface area contributed by atoms with E-state index in [0.29, 0.717) is 17.8 Å². The summed E-state index contributed by atoms with van der Waals surface area (Å²) in [6, 6.07) is 0.602. The first-order valence-corrected chi connectivity index (χ1v) is 6.38. The summed E-state index contributed by atoms with van der Waals surface area (Å²) in [6.45, 7) is 8.42. The first-order valence-electron chi connectivity index (χ1n) is 6.38. The van der Waals surface area contributed by atoms with Crippen LogP contribution in [0, 0.1) is 6.92 Å². The number of aryl methyl sites for hydroxylation is 1. The lowest BCUT2D eigenvalue weighted by atomic mass is 9.90. The molecule has 0 radical (unpaired) electrons. The van der Waals surface area contributed by atoms with Crippen molar-refractivity contribution < 1.29 is 0 Å². The SMILES string of the molecule is Cc1ncc(C2CCN(C(C)C)CC2)c(=O)[nH]1. The molecule has 1 aromatic rings. The number of piperidine rings is 1. The van der Waals surface area contributed by atoms with Gasteiger partial charge in [0.05, 0.1) is 0 Å². The molecule has 0 atom stereocenters. The molecule has 1 aliphatic rings. The van der Waals surface area contributed by atoms with Gasteiger partial charge in [0.2, 0.25) is 0 Å². The van der Waals surface area contributed by atoms with E-state index < -0.39 is 0 Å². The van der Waals surface area contributed by atoms with Crippen LogP contribution in [0.25, 0.3) is 0 Å². The van der Waals surface area contributed by atoms with Crippen LogP contribution in [0.5, 0.6) is 0 Å². The largest absolute Gasteiger partial charge is 0.311 e. The fraction of sp³-hybridized carbons (Fsp3) is 0.692. The molecule has 94 valence electrons. The van der Waals surface area contributed by atoms with Crippen molar-refractivity contribution in [1.29, 1.82) is 0 Å². The molecule has 1 saturated heterocycles. The van der Waals surface area contributed by atoms with E-state index in [-0.39, 0.29) is 5.56 Å². The van der Waals surface area contributed by atoms with Gasteiger partial charge in [0.15, 0.2) is 0 Å². The van der Waals surface area contributed by atoms with Crippen molar-refractivity contribution in [3.05, 3.63) is 27.9 Å². The number of likely N-dealkylation sites (tertiary alicyclic amines) is 1. The predicted octanol–water partition coefficient (Wildman–Crippen LogP) is 1.67. The predicted molar refractivity (Wildman–Crippen MR) is 68.3 cm³/mol. The van der Waals surface area contributed by atoms with E-state index in [1.807, 2.05) is 6.92 Å². The zero-order valence-electron chi connectivity index (χ0n) is 10.9. The van der Waals surface area contributed by atoms with Crippen LogP contribution in [-0.2, 0) is 0 Å². The van der Waals surface area contributed by atoms with Gasteiger partial charge in [-0.3, -0.25) is 4.79 Å². The minimum atomic E-state index is 0.0421. The molecule has 0 unspecified atom stereocenters. The van der Waals surface area contributed by atoms with Crippen LogP contribution in [0.1, 0.15) is 44.0 Å². The van der Waals surface area contributed by atoms with Gasteiger partial charge in [-0.1, -0.05) is 0 Å². The molecule has 0 bridgehead atoms. The van der Waals surface area contributed by atoms with E-state index in [1.165, 1.54) is 0 Å². The lowest BCUT2D eigenvalue weighted by molar-refractivity contribution is 0.171. The van der Waals surface area contributed by atoms with Crippen LogP contribution in [0.4, 0.5) is 0 Å². The Balaban J connectivity index is 2.08. The Hall–Kier alpha value is -1.16. The first kappa shape index (κ1) is 12.3. The Kier molecular flexibility index (Phi) is 3.62. The summed E-state index contributed by atoms with van der Waals surface area (Å²) in [5.74, 6) is 1.07. The summed E-state index contributed by atoms with van der Waals surface area (Å²) in [7, 11) is 0. The number of rotatable bonds is 2. The van der Waals surface area contributed by atoms with Crippen molar-refractivity contribution in [3.8, 4) is 0 Å². The molecular weight excluding hydrogens is 214 g/mol. The van der Waals surface area contributed by atoms with Crippen molar-refractivity contribution in [2.45, 2.75) is 45.6 Å². The van der Waals surface area contributed by atoms with Gasteiger partial charge in [-0.25, -0.2) is 4.98 Å². The van der Waals surface area contributed by atoms with E-state index in [0.717, 1.165) is 31.5 Å². The maximum absolute atomic E-state index is 11.8. The number of nitrogens with one attached hydrogen (secondary N) is 1. The lowest BCUT2D eigenvalue weighted by Crippen LogP contribution is -2.38. The van der Waals surface area contributed by atoms with E-state index >= 15 is 0 Å². The number of hydrogen-bond acceptors (Lipinski definition) is 3. The molecular formula is C13H21N3O. The van der Waals surface area contributed by atoms with Gasteiger partial charge in [0, 0.05) is 17.8 Å². The maximum Gasteiger partial charge on any atom is 0.254 e. The van der Waals surface area contributed by atoms with Gasteiger partial charge in [0.1, 0.15) is 5.82 Å². The number of H-pyrrole nitrogens is 1. The van der Waals surface area contributed by atoms with E-state index in [4.69, 9.17) is 0 Å². The van der Waals surface area contributed by atoms with Crippen molar-refractivity contribution in [1.82, 2.24) is 14.9 Å². The Bertz CT molecular complexity index is 431. The highest BCUT2D eigenvalue weighted by molar-refractivity contribution is 5.13. The van der Waals surface area contributed by atoms with Gasteiger partial charge in [-0.05, 0) is 52.6 Å². The van der Waals surface area contributed by atoms with Crippen LogP contribution in [-0.4, -0.2) is 34.0 Å². The van der Waals surface area contributed by atoms with Gasteiger partial charge in [0.25, 0.3) is 5.56 Å². The van der Waals surface area contributed by atoms with Gasteiger partial charge in [-0.2, -0.15) is 0 Å². The second kappa shape index (κ2) is 5.00. The molecule has 1 N–H and O–H groups in total. The van der Waals surface area contributed by atoms with Crippen molar-refractivity contribution in [3.63, 3.8) is 0 Å². The summed E-state index contributed by atoms with van der Waals surface area (Å²) in [5, 5.41) is 0. The van der Waals surface area contributed by atoms with Gasteiger partial charge in [-0.15, -0.1) is 0 Å². The molecule has 0 amide bonds. The minimum absolute atomic E-state index is 0.0421. The summed E-state index contributed by atoms with van der Waals surface area (Å²) in [4.78, 5) is 21.3. The highest BCUT2D eigenvalue weighted by atomic mass is 16.1. The molecule has 0 spiro atoms. The van der Waals surface area contributed by atoms with E-state index in [1.54, 1.807) is 6.20 Å². The minimum Gasteiger partial charge on any atom is -0.311 e. The van der Waals surface area contributed by atoms with E-state index in [2.05, 4.69) is 28.7 Å². The standard InChI is InChI=1S/C13H21N3O/c1-9(2)16-6-4-11(5-7-16)12-8-14-10(3)15-13(12)17/h8-9,11H,4-7H2,1-3H3,(H,14,15,17). The number of aromatic nitrogens is 2. The molecule has 1 aromatic heterocycles. The van der Waals surface area contributed by atoms with Crippen molar-refractivity contribution in [2.24, 2.45) is 0 Å². The summed E-state index contributed by atoms with van der Waals surface area (Å²) in [6.07, 6.45) is 3.88. The number of nitrogens with zero attached hydrogens (tertiary/aromatic N) is 2. The third-order valence-electron chi connectivity index (χ3n) is 3.65. The monoisotopic (exact) mass is 235 g/mol. The first-order chi connectivity index (χ1) is 8.08. The fourth-order valence-corrected chi connectivity index (χ4v) is 2.51. The molecule has 0 saturated carbocycles. The number of hydrogen-bond donors (Lipinski definition) is 1. The Morgan fingerprint density at radius 3 is 2.59 bits per heavy atom. The molecule has 0 aromatic carbocycles. The molecule has 4 nitrogen and oxygen atoms in total. The van der Waals surface area contributed by atoms with Gasteiger partial charge >= 0.3 is 0 Å². The maximum atomic E-state index is 11.8. The summed E-state index contributed by atoms with van der Waals surface area (Å²) >= 11 is 0. The molecule has 4 heteroatoms. The van der Waals surface area contributed by atoms with Crippen LogP contribution >= 0.6 is 0 Å². The average molecular weight is 235 g/mol. The third-order valence-corrected chi connectivity index (χ3v) is 3.65. The molecule has 0 aliphatic carbocycles. The Labute approximate surface area is 102 Å². The topological polar surface area (TPSA) is 49.0 Å². The summed E-state index contributed by atoms with van der Waals surface area (Å²) in [5.41, 5.74) is 0.902. The van der Waals surface area contributed by atoms with Crippen LogP contribution in [0.15, 0.2) is 11.0 Å². The van der Waals surface area contributed by atoms with Crippen LogP contribution < -0.4 is 5.56 Å². The average Bonchev–Trinajstić information content (AvgIpc) is 2.29. The fourth-order valence-electron chi connectivity index (χ4n) is 2.51. The van der Waals surface area contributed by atoms with Crippen LogP contribution in [0.2, 0.25) is 0 Å². The Morgan fingerprint density at radius 1 is 1.41 bits per heavy atom. The second-order valence-electron chi connectivity index (χ2n) is 5.16. The van der Waals surface area contributed by atoms with Gasteiger partial charge < -0.3 is 9.88 Å². The molecule has 2 heterocycles. The zero-order valence-corrected chi connectivity index (χ0v) is 10.9. The third kappa shape index (κ3) is 2.75. The quantitative estimate of drug-likeness (QED) is 0.848. The summed E-state index contributed by atoms with van der Waals surface area (Å²) < 4.78 is 0. The molecule has 1 fully saturated rings. The second-order valence-corrected chi connectivity index (χ2v) is 5.16.